The topological polar surface area (TPSA) is 40.1 Å². The van der Waals surface area contributed by atoms with Crippen LogP contribution in [0.4, 0.5) is 0 Å². The molecule has 248 valence electrons. The van der Waals surface area contributed by atoms with Gasteiger partial charge in [0, 0.05) is 32.9 Å². The highest BCUT2D eigenvalue weighted by molar-refractivity contribution is 6.13. The third-order valence-electron chi connectivity index (χ3n) is 10.7. The summed E-state index contributed by atoms with van der Waals surface area (Å²) >= 11 is 0. The standard InChI is InChI=1S/C49H30N2O2/c52-49-39-17-6-9-20-47(39)53-48-29-34(21-24-40(48)49)32-12-10-11-31(27-32)33-22-25-45-41(28-33)42-30-36(23-26-46(42)50(45)35-13-2-1-3-14-35)51-43-18-7-4-15-37(43)38-16-5-8-19-44(38)51/h1-30H. The van der Waals surface area contributed by atoms with Crippen LogP contribution in [0.1, 0.15) is 0 Å². The van der Waals surface area contributed by atoms with Gasteiger partial charge in [-0.2, -0.15) is 0 Å². The number of hydrogen-bond donors (Lipinski definition) is 0. The summed E-state index contributed by atoms with van der Waals surface area (Å²) < 4.78 is 11.0. The first-order chi connectivity index (χ1) is 26.2. The van der Waals surface area contributed by atoms with E-state index in [4.69, 9.17) is 4.42 Å². The molecule has 0 radical (unpaired) electrons. The SMILES string of the molecule is O=c1c2ccccc2oc2cc(-c3cccc(-c4ccc5c(c4)c4cc(-n6c7ccccc7c7ccccc76)ccc4n5-c4ccccc4)c3)ccc12. The van der Waals surface area contributed by atoms with Crippen molar-refractivity contribution in [2.24, 2.45) is 0 Å². The second-order valence-electron chi connectivity index (χ2n) is 13.7. The first kappa shape index (κ1) is 29.5. The second-order valence-corrected chi connectivity index (χ2v) is 13.7. The molecule has 3 heterocycles. The van der Waals surface area contributed by atoms with Crippen LogP contribution in [0.2, 0.25) is 0 Å². The average Bonchev–Trinajstić information content (AvgIpc) is 3.73. The molecule has 0 aliphatic rings. The molecule has 0 fully saturated rings. The van der Waals surface area contributed by atoms with Gasteiger partial charge in [0.05, 0.1) is 32.8 Å². The fourth-order valence-corrected chi connectivity index (χ4v) is 8.24. The van der Waals surface area contributed by atoms with Crippen molar-refractivity contribution in [2.45, 2.75) is 0 Å². The van der Waals surface area contributed by atoms with Crippen LogP contribution in [-0.2, 0) is 0 Å². The number of aromatic nitrogens is 2. The number of hydrogen-bond acceptors (Lipinski definition) is 2. The zero-order chi connectivity index (χ0) is 35.0. The van der Waals surface area contributed by atoms with Crippen molar-refractivity contribution in [1.29, 1.82) is 0 Å². The van der Waals surface area contributed by atoms with Gasteiger partial charge in [0.1, 0.15) is 11.2 Å². The van der Waals surface area contributed by atoms with Crippen LogP contribution in [0.15, 0.2) is 191 Å². The fraction of sp³-hybridized carbons (Fsp3) is 0. The van der Waals surface area contributed by atoms with Gasteiger partial charge in [-0.25, -0.2) is 0 Å². The van der Waals surface area contributed by atoms with Crippen molar-refractivity contribution in [3.8, 4) is 33.6 Å². The lowest BCUT2D eigenvalue weighted by Crippen LogP contribution is -2.01. The van der Waals surface area contributed by atoms with Gasteiger partial charge in [0.15, 0.2) is 0 Å². The predicted molar refractivity (Wildman–Crippen MR) is 220 cm³/mol. The Balaban J connectivity index is 1.10. The summed E-state index contributed by atoms with van der Waals surface area (Å²) in [5.74, 6) is 0. The highest BCUT2D eigenvalue weighted by atomic mass is 16.3. The summed E-state index contributed by atoms with van der Waals surface area (Å²) in [5, 5.41) is 6.06. The minimum atomic E-state index is -0.00794. The molecule has 4 nitrogen and oxygen atoms in total. The Morgan fingerprint density at radius 2 is 0.849 bits per heavy atom. The van der Waals surface area contributed by atoms with Crippen LogP contribution in [0.25, 0.3) is 99.2 Å². The molecule has 0 saturated heterocycles. The summed E-state index contributed by atoms with van der Waals surface area (Å²) in [6, 6.07) is 63.5. The van der Waals surface area contributed by atoms with Gasteiger partial charge in [-0.15, -0.1) is 0 Å². The molecule has 0 aliphatic heterocycles. The van der Waals surface area contributed by atoms with E-state index in [2.05, 4.69) is 149 Å². The molecular formula is C49H30N2O2. The Kier molecular flexibility index (Phi) is 6.37. The molecule has 0 aliphatic carbocycles. The molecule has 53 heavy (non-hydrogen) atoms. The van der Waals surface area contributed by atoms with Crippen LogP contribution in [0.3, 0.4) is 0 Å². The van der Waals surface area contributed by atoms with E-state index >= 15 is 0 Å². The van der Waals surface area contributed by atoms with Gasteiger partial charge in [-0.3, -0.25) is 4.79 Å². The Morgan fingerprint density at radius 3 is 1.60 bits per heavy atom. The molecule has 0 saturated carbocycles. The summed E-state index contributed by atoms with van der Waals surface area (Å²) in [6.07, 6.45) is 0. The molecule has 0 unspecified atom stereocenters. The van der Waals surface area contributed by atoms with E-state index in [1.165, 1.54) is 32.6 Å². The number of benzene rings is 8. The van der Waals surface area contributed by atoms with Crippen LogP contribution >= 0.6 is 0 Å². The van der Waals surface area contributed by atoms with Crippen LogP contribution in [0.5, 0.6) is 0 Å². The fourth-order valence-electron chi connectivity index (χ4n) is 8.24. The first-order valence-corrected chi connectivity index (χ1v) is 17.9. The molecule has 0 amide bonds. The molecule has 0 atom stereocenters. The monoisotopic (exact) mass is 678 g/mol. The normalized spacial score (nSPS) is 11.8. The Labute approximate surface area is 304 Å². The van der Waals surface area contributed by atoms with Crippen molar-refractivity contribution in [3.05, 3.63) is 192 Å². The van der Waals surface area contributed by atoms with E-state index in [-0.39, 0.29) is 5.43 Å². The molecule has 0 spiro atoms. The van der Waals surface area contributed by atoms with E-state index in [1.807, 2.05) is 42.5 Å². The number of rotatable bonds is 4. The van der Waals surface area contributed by atoms with Crippen LogP contribution in [-0.4, -0.2) is 9.13 Å². The van der Waals surface area contributed by atoms with E-state index in [9.17, 15) is 4.79 Å². The molecule has 8 aromatic carbocycles. The summed E-state index contributed by atoms with van der Waals surface area (Å²) in [6.45, 7) is 0. The highest BCUT2D eigenvalue weighted by Gasteiger charge is 2.17. The zero-order valence-corrected chi connectivity index (χ0v) is 28.5. The van der Waals surface area contributed by atoms with Gasteiger partial charge in [0.25, 0.3) is 0 Å². The average molecular weight is 679 g/mol. The minimum absolute atomic E-state index is 0.00794. The minimum Gasteiger partial charge on any atom is -0.456 e. The maximum absolute atomic E-state index is 13.2. The van der Waals surface area contributed by atoms with Gasteiger partial charge in [-0.1, -0.05) is 97.1 Å². The molecule has 0 N–H and O–H groups in total. The maximum Gasteiger partial charge on any atom is 0.200 e. The van der Waals surface area contributed by atoms with Gasteiger partial charge in [-0.05, 0) is 107 Å². The lowest BCUT2D eigenvalue weighted by atomic mass is 9.97. The van der Waals surface area contributed by atoms with E-state index in [1.54, 1.807) is 0 Å². The van der Waals surface area contributed by atoms with Crippen molar-refractivity contribution < 1.29 is 4.42 Å². The molecule has 4 heteroatoms. The molecule has 0 bridgehead atoms. The van der Waals surface area contributed by atoms with E-state index in [0.717, 1.165) is 44.7 Å². The molecular weight excluding hydrogens is 649 g/mol. The highest BCUT2D eigenvalue weighted by Crippen LogP contribution is 2.39. The Hall–Kier alpha value is -7.17. The summed E-state index contributed by atoms with van der Waals surface area (Å²) in [7, 11) is 0. The quantitative estimate of drug-likeness (QED) is 0.174. The molecule has 11 rings (SSSR count). The second kappa shape index (κ2) is 11.4. The number of para-hydroxylation sites is 4. The predicted octanol–water partition coefficient (Wildman–Crippen LogP) is 12.5. The number of nitrogens with zero attached hydrogens (tertiary/aromatic N) is 2. The maximum atomic E-state index is 13.2. The lowest BCUT2D eigenvalue weighted by molar-refractivity contribution is 0.660. The zero-order valence-electron chi connectivity index (χ0n) is 28.5. The van der Waals surface area contributed by atoms with Crippen molar-refractivity contribution in [2.75, 3.05) is 0 Å². The van der Waals surface area contributed by atoms with Crippen molar-refractivity contribution in [3.63, 3.8) is 0 Å². The third-order valence-corrected chi connectivity index (χ3v) is 10.7. The summed E-state index contributed by atoms with van der Waals surface area (Å²) in [4.78, 5) is 13.2. The summed E-state index contributed by atoms with van der Waals surface area (Å²) in [5.41, 5.74) is 12.4. The molecule has 11 aromatic rings. The van der Waals surface area contributed by atoms with Crippen LogP contribution in [0, 0.1) is 0 Å². The van der Waals surface area contributed by atoms with Gasteiger partial charge in [0.2, 0.25) is 5.43 Å². The van der Waals surface area contributed by atoms with E-state index in [0.29, 0.717) is 21.9 Å². The van der Waals surface area contributed by atoms with Gasteiger partial charge >= 0.3 is 0 Å². The Bertz CT molecular complexity index is 3260. The first-order valence-electron chi connectivity index (χ1n) is 17.9. The Morgan fingerprint density at radius 1 is 0.321 bits per heavy atom. The van der Waals surface area contributed by atoms with Crippen LogP contribution < -0.4 is 5.43 Å². The largest absolute Gasteiger partial charge is 0.456 e. The number of fused-ring (bicyclic) bond motifs is 8. The van der Waals surface area contributed by atoms with Crippen molar-refractivity contribution in [1.82, 2.24) is 9.13 Å². The molecule has 3 aromatic heterocycles. The van der Waals surface area contributed by atoms with E-state index < -0.39 is 0 Å². The lowest BCUT2D eigenvalue weighted by Gasteiger charge is -2.10. The van der Waals surface area contributed by atoms with Gasteiger partial charge < -0.3 is 13.6 Å². The smallest absolute Gasteiger partial charge is 0.200 e. The van der Waals surface area contributed by atoms with Crippen molar-refractivity contribution >= 4 is 65.6 Å². The third kappa shape index (κ3) is 4.52.